The minimum Gasteiger partial charge on any atom is -0.350 e. The van der Waals surface area contributed by atoms with Gasteiger partial charge in [-0.1, -0.05) is 18.6 Å². The smallest absolute Gasteiger partial charge is 0.267 e. The van der Waals surface area contributed by atoms with Crippen molar-refractivity contribution < 1.29 is 4.79 Å². The maximum atomic E-state index is 12.2. The van der Waals surface area contributed by atoms with Crippen LogP contribution in [-0.4, -0.2) is 42.0 Å². The summed E-state index contributed by atoms with van der Waals surface area (Å²) in [5.74, 6) is -0.222. The van der Waals surface area contributed by atoms with Crippen LogP contribution in [0.1, 0.15) is 29.8 Å². The van der Waals surface area contributed by atoms with Crippen LogP contribution in [0.3, 0.4) is 0 Å². The SMILES string of the molecule is Cl.O=C(NCCN1CCCCC1)c1cc(=O)c2ccccc2[nH]1. The highest BCUT2D eigenvalue weighted by atomic mass is 35.5. The number of likely N-dealkylation sites (tertiary alicyclic amines) is 1. The number of halogens is 1. The Morgan fingerprint density at radius 2 is 1.91 bits per heavy atom. The Morgan fingerprint density at radius 1 is 1.17 bits per heavy atom. The number of para-hydroxylation sites is 1. The topological polar surface area (TPSA) is 65.2 Å². The molecule has 6 heteroatoms. The van der Waals surface area contributed by atoms with Crippen LogP contribution in [0.5, 0.6) is 0 Å². The summed E-state index contributed by atoms with van der Waals surface area (Å²) in [6, 6.07) is 8.60. The van der Waals surface area contributed by atoms with Crippen LogP contribution < -0.4 is 10.7 Å². The number of hydrogen-bond acceptors (Lipinski definition) is 3. The number of hydrogen-bond donors (Lipinski definition) is 2. The van der Waals surface area contributed by atoms with Crippen LogP contribution in [0.4, 0.5) is 0 Å². The lowest BCUT2D eigenvalue weighted by molar-refractivity contribution is 0.0942. The molecule has 2 N–H and O–H groups in total. The van der Waals surface area contributed by atoms with Crippen molar-refractivity contribution in [1.29, 1.82) is 0 Å². The van der Waals surface area contributed by atoms with Gasteiger partial charge in [0.1, 0.15) is 5.69 Å². The fraction of sp³-hybridized carbons (Fsp3) is 0.412. The normalized spacial score (nSPS) is 15.1. The van der Waals surface area contributed by atoms with Gasteiger partial charge in [0.25, 0.3) is 5.91 Å². The van der Waals surface area contributed by atoms with Gasteiger partial charge < -0.3 is 15.2 Å². The zero-order valence-corrected chi connectivity index (χ0v) is 13.8. The Hall–Kier alpha value is -1.85. The van der Waals surface area contributed by atoms with E-state index in [0.29, 0.717) is 23.1 Å². The summed E-state index contributed by atoms with van der Waals surface area (Å²) in [6.45, 7) is 3.70. The van der Waals surface area contributed by atoms with Gasteiger partial charge in [-0.15, -0.1) is 12.4 Å². The third kappa shape index (κ3) is 4.33. The molecule has 1 fully saturated rings. The van der Waals surface area contributed by atoms with Crippen LogP contribution in [0.15, 0.2) is 35.1 Å². The second-order valence-electron chi connectivity index (χ2n) is 5.75. The Kier molecular flexibility index (Phi) is 6.19. The van der Waals surface area contributed by atoms with Crippen molar-refractivity contribution in [2.45, 2.75) is 19.3 Å². The molecule has 1 amide bonds. The van der Waals surface area contributed by atoms with Crippen molar-refractivity contribution in [2.75, 3.05) is 26.2 Å². The molecule has 2 heterocycles. The van der Waals surface area contributed by atoms with E-state index in [9.17, 15) is 9.59 Å². The molecule has 2 aromatic rings. The number of carbonyl (C=O) groups is 1. The van der Waals surface area contributed by atoms with Crippen LogP contribution in [0.2, 0.25) is 0 Å². The van der Waals surface area contributed by atoms with E-state index in [-0.39, 0.29) is 23.7 Å². The molecule has 5 nitrogen and oxygen atoms in total. The van der Waals surface area contributed by atoms with E-state index in [4.69, 9.17) is 0 Å². The first-order chi connectivity index (χ1) is 10.7. The molecule has 0 aliphatic carbocycles. The van der Waals surface area contributed by atoms with Crippen LogP contribution in [-0.2, 0) is 0 Å². The van der Waals surface area contributed by atoms with Crippen LogP contribution in [0.25, 0.3) is 10.9 Å². The van der Waals surface area contributed by atoms with E-state index in [1.807, 2.05) is 12.1 Å². The zero-order chi connectivity index (χ0) is 15.4. The van der Waals surface area contributed by atoms with Gasteiger partial charge in [0.15, 0.2) is 5.43 Å². The van der Waals surface area contributed by atoms with Gasteiger partial charge in [-0.2, -0.15) is 0 Å². The van der Waals surface area contributed by atoms with Gasteiger partial charge in [-0.25, -0.2) is 0 Å². The molecule has 0 atom stereocenters. The number of nitrogens with one attached hydrogen (secondary N) is 2. The highest BCUT2D eigenvalue weighted by Crippen LogP contribution is 2.08. The summed E-state index contributed by atoms with van der Waals surface area (Å²) < 4.78 is 0. The third-order valence-electron chi connectivity index (χ3n) is 4.14. The highest BCUT2D eigenvalue weighted by molar-refractivity contribution is 5.94. The molecule has 0 bridgehead atoms. The molecule has 1 aliphatic rings. The van der Waals surface area contributed by atoms with Crippen LogP contribution in [0, 0.1) is 0 Å². The third-order valence-corrected chi connectivity index (χ3v) is 4.14. The number of carbonyl (C=O) groups excluding carboxylic acids is 1. The number of amides is 1. The van der Waals surface area contributed by atoms with E-state index in [1.165, 1.54) is 25.3 Å². The number of nitrogens with zero attached hydrogens (tertiary/aromatic N) is 1. The van der Waals surface area contributed by atoms with Gasteiger partial charge in [0.2, 0.25) is 0 Å². The number of piperidine rings is 1. The second kappa shape index (κ2) is 8.13. The number of rotatable bonds is 4. The van der Waals surface area contributed by atoms with Gasteiger partial charge >= 0.3 is 0 Å². The second-order valence-corrected chi connectivity index (χ2v) is 5.75. The molecule has 0 saturated carbocycles. The quantitative estimate of drug-likeness (QED) is 0.900. The van der Waals surface area contributed by atoms with Gasteiger partial charge in [0, 0.05) is 30.1 Å². The molecule has 23 heavy (non-hydrogen) atoms. The Labute approximate surface area is 141 Å². The minimum atomic E-state index is -0.222. The van der Waals surface area contributed by atoms with Crippen LogP contribution >= 0.6 is 12.4 Å². The molecule has 1 aromatic carbocycles. The maximum Gasteiger partial charge on any atom is 0.267 e. The summed E-state index contributed by atoms with van der Waals surface area (Å²) in [5, 5.41) is 3.49. The molecule has 1 aromatic heterocycles. The first-order valence-electron chi connectivity index (χ1n) is 7.87. The van der Waals surface area contributed by atoms with Crippen molar-refractivity contribution in [3.8, 4) is 0 Å². The predicted molar refractivity (Wildman–Crippen MR) is 94.4 cm³/mol. The molecule has 0 spiro atoms. The summed E-state index contributed by atoms with van der Waals surface area (Å²) in [7, 11) is 0. The number of pyridine rings is 1. The molecule has 0 unspecified atom stereocenters. The summed E-state index contributed by atoms with van der Waals surface area (Å²) in [4.78, 5) is 29.6. The molecule has 124 valence electrons. The standard InChI is InChI=1S/C17H21N3O2.ClH/c21-16-12-15(19-14-7-3-2-6-13(14)16)17(22)18-8-11-20-9-4-1-5-10-20;/h2-3,6-7,12H,1,4-5,8-11H2,(H,18,22)(H,19,21);1H. The number of H-pyrrole nitrogens is 1. The number of aromatic nitrogens is 1. The molecule has 0 radical (unpaired) electrons. The van der Waals surface area contributed by atoms with Gasteiger partial charge in [-0.3, -0.25) is 9.59 Å². The van der Waals surface area contributed by atoms with E-state index in [1.54, 1.807) is 12.1 Å². The first-order valence-corrected chi connectivity index (χ1v) is 7.87. The average Bonchev–Trinajstić information content (AvgIpc) is 2.56. The highest BCUT2D eigenvalue weighted by Gasteiger charge is 2.12. The largest absolute Gasteiger partial charge is 0.350 e. The van der Waals surface area contributed by atoms with Crippen molar-refractivity contribution in [3.63, 3.8) is 0 Å². The number of aromatic amines is 1. The number of benzene rings is 1. The lowest BCUT2D eigenvalue weighted by Gasteiger charge is -2.26. The van der Waals surface area contributed by atoms with E-state index >= 15 is 0 Å². The average molecular weight is 336 g/mol. The molecule has 1 aliphatic heterocycles. The fourth-order valence-corrected chi connectivity index (χ4v) is 2.93. The van der Waals surface area contributed by atoms with E-state index < -0.39 is 0 Å². The molecular weight excluding hydrogens is 314 g/mol. The van der Waals surface area contributed by atoms with Gasteiger partial charge in [0.05, 0.1) is 0 Å². The Balaban J connectivity index is 0.00000192. The van der Waals surface area contributed by atoms with E-state index in [0.717, 1.165) is 19.6 Å². The summed E-state index contributed by atoms with van der Waals surface area (Å²) >= 11 is 0. The number of fused-ring (bicyclic) bond motifs is 1. The molecule has 1 saturated heterocycles. The lowest BCUT2D eigenvalue weighted by Crippen LogP contribution is -2.38. The predicted octanol–water partition coefficient (Wildman–Crippen LogP) is 2.17. The van der Waals surface area contributed by atoms with Crippen molar-refractivity contribution in [3.05, 3.63) is 46.2 Å². The Morgan fingerprint density at radius 3 is 2.70 bits per heavy atom. The summed E-state index contributed by atoms with van der Waals surface area (Å²) in [5.41, 5.74) is 0.883. The Bertz CT molecular complexity index is 723. The molecular formula is C17H22ClN3O2. The maximum absolute atomic E-state index is 12.2. The lowest BCUT2D eigenvalue weighted by atomic mass is 10.1. The van der Waals surface area contributed by atoms with E-state index in [2.05, 4.69) is 15.2 Å². The van der Waals surface area contributed by atoms with Crippen molar-refractivity contribution in [1.82, 2.24) is 15.2 Å². The zero-order valence-electron chi connectivity index (χ0n) is 13.0. The first kappa shape index (κ1) is 17.5. The monoisotopic (exact) mass is 335 g/mol. The fourth-order valence-electron chi connectivity index (χ4n) is 2.93. The summed E-state index contributed by atoms with van der Waals surface area (Å²) in [6.07, 6.45) is 3.79. The molecule has 3 rings (SSSR count). The van der Waals surface area contributed by atoms with Gasteiger partial charge in [-0.05, 0) is 38.1 Å². The minimum absolute atomic E-state index is 0. The van der Waals surface area contributed by atoms with Crippen molar-refractivity contribution in [2.24, 2.45) is 0 Å². The van der Waals surface area contributed by atoms with Crippen molar-refractivity contribution >= 4 is 29.2 Å².